The van der Waals surface area contributed by atoms with Gasteiger partial charge in [0, 0.05) is 0 Å². The van der Waals surface area contributed by atoms with Crippen LogP contribution in [0.3, 0.4) is 0 Å². The van der Waals surface area contributed by atoms with Crippen molar-refractivity contribution in [1.29, 1.82) is 0 Å². The van der Waals surface area contributed by atoms with E-state index in [1.54, 1.807) is 0 Å². The summed E-state index contributed by atoms with van der Waals surface area (Å²) in [6.45, 7) is 6.04. The second-order valence-corrected chi connectivity index (χ2v) is 6.59. The fraction of sp³-hybridized carbons (Fsp3) is 0.529. The van der Waals surface area contributed by atoms with E-state index in [0.717, 1.165) is 20.3 Å². The van der Waals surface area contributed by atoms with E-state index < -0.39 is 52.2 Å². The van der Waals surface area contributed by atoms with E-state index in [1.165, 1.54) is 0 Å². The lowest BCUT2D eigenvalue weighted by atomic mass is 9.94. The first kappa shape index (κ1) is 21.9. The third-order valence-electron chi connectivity index (χ3n) is 3.54. The van der Waals surface area contributed by atoms with E-state index in [-0.39, 0.29) is 6.61 Å². The van der Waals surface area contributed by atoms with Crippen LogP contribution in [0.15, 0.2) is 0 Å². The van der Waals surface area contributed by atoms with Crippen LogP contribution in [0, 0.1) is 40.4 Å². The van der Waals surface area contributed by atoms with Crippen molar-refractivity contribution in [2.45, 2.75) is 40.5 Å². The zero-order valence-corrected chi connectivity index (χ0v) is 14.7. The summed E-state index contributed by atoms with van der Waals surface area (Å²) in [7, 11) is 0. The van der Waals surface area contributed by atoms with Crippen LogP contribution in [0.2, 0.25) is 0 Å². The summed E-state index contributed by atoms with van der Waals surface area (Å²) in [4.78, 5) is 24.0. The molecule has 1 rings (SSSR count). The van der Waals surface area contributed by atoms with Crippen molar-refractivity contribution in [2.75, 3.05) is 6.61 Å². The zero-order valence-electron chi connectivity index (χ0n) is 14.7. The van der Waals surface area contributed by atoms with Gasteiger partial charge in [0.25, 0.3) is 0 Å². The highest BCUT2D eigenvalue weighted by atomic mass is 19.2. The van der Waals surface area contributed by atoms with E-state index in [2.05, 4.69) is 4.74 Å². The first-order valence-electron chi connectivity index (χ1n) is 7.82. The monoisotopic (exact) mass is 382 g/mol. The Morgan fingerprint density at radius 3 is 1.81 bits per heavy atom. The molecule has 0 saturated heterocycles. The second kappa shape index (κ2) is 8.46. The van der Waals surface area contributed by atoms with Gasteiger partial charge in [0.05, 0.1) is 6.61 Å². The molecule has 0 aliphatic rings. The molecule has 0 radical (unpaired) electrons. The third-order valence-corrected chi connectivity index (χ3v) is 3.54. The average Bonchev–Trinajstić information content (AvgIpc) is 2.58. The Hall–Kier alpha value is -2.19. The smallest absolute Gasteiger partial charge is 0.328 e. The van der Waals surface area contributed by atoms with Crippen molar-refractivity contribution in [1.82, 2.24) is 0 Å². The number of esters is 2. The quantitative estimate of drug-likeness (QED) is 0.134. The molecule has 0 spiro atoms. The normalized spacial score (nSPS) is 11.6. The first-order valence-corrected chi connectivity index (χ1v) is 7.82. The Balaban J connectivity index is 2.91. The van der Waals surface area contributed by atoms with Crippen molar-refractivity contribution >= 4 is 11.9 Å². The van der Waals surface area contributed by atoms with E-state index in [0.29, 0.717) is 12.3 Å². The summed E-state index contributed by atoms with van der Waals surface area (Å²) >= 11 is 0. The summed E-state index contributed by atoms with van der Waals surface area (Å²) in [6, 6.07) is 0. The summed E-state index contributed by atoms with van der Waals surface area (Å²) in [6.07, 6.45) is 1.30. The average molecular weight is 382 g/mol. The van der Waals surface area contributed by atoms with E-state index in [4.69, 9.17) is 4.74 Å². The first-order chi connectivity index (χ1) is 11.9. The molecule has 1 aromatic rings. The molecule has 0 fully saturated rings. The summed E-state index contributed by atoms with van der Waals surface area (Å²) in [5.41, 5.74) is -2.02. The van der Waals surface area contributed by atoms with Crippen LogP contribution in [-0.2, 0) is 14.3 Å². The van der Waals surface area contributed by atoms with E-state index >= 15 is 0 Å². The Morgan fingerprint density at radius 1 is 0.885 bits per heavy atom. The predicted octanol–water partition coefficient (Wildman–Crippen LogP) is 4.29. The van der Waals surface area contributed by atoms with Gasteiger partial charge in [-0.05, 0) is 32.6 Å². The molecule has 26 heavy (non-hydrogen) atoms. The van der Waals surface area contributed by atoms with Crippen molar-refractivity contribution in [2.24, 2.45) is 11.3 Å². The van der Waals surface area contributed by atoms with Crippen molar-refractivity contribution in [3.63, 3.8) is 0 Å². The standard InChI is InChI=1S/C17H19F5O4/c1-8(2)6-5-7-25-15(23)17(3,4)16(24)26-14-12(21)10(19)9(18)11(20)13(14)22/h8H,5-7H2,1-4H3. The van der Waals surface area contributed by atoms with Crippen LogP contribution in [0.4, 0.5) is 22.0 Å². The van der Waals surface area contributed by atoms with Crippen molar-refractivity contribution < 1.29 is 41.0 Å². The molecule has 0 unspecified atom stereocenters. The highest BCUT2D eigenvalue weighted by Gasteiger charge is 2.41. The number of ether oxygens (including phenoxy) is 2. The minimum atomic E-state index is -2.39. The van der Waals surface area contributed by atoms with Gasteiger partial charge in [-0.1, -0.05) is 13.8 Å². The van der Waals surface area contributed by atoms with Gasteiger partial charge in [0.2, 0.25) is 34.8 Å². The molecule has 0 N–H and O–H groups in total. The lowest BCUT2D eigenvalue weighted by Gasteiger charge is -2.21. The molecule has 4 nitrogen and oxygen atoms in total. The molecule has 0 amide bonds. The van der Waals surface area contributed by atoms with Gasteiger partial charge in [0.1, 0.15) is 0 Å². The fourth-order valence-electron chi connectivity index (χ4n) is 1.81. The van der Waals surface area contributed by atoms with Gasteiger partial charge in [-0.3, -0.25) is 9.59 Å². The van der Waals surface area contributed by atoms with Gasteiger partial charge in [-0.2, -0.15) is 8.78 Å². The highest BCUT2D eigenvalue weighted by molar-refractivity contribution is 5.99. The number of rotatable bonds is 7. The zero-order chi connectivity index (χ0) is 20.2. The highest BCUT2D eigenvalue weighted by Crippen LogP contribution is 2.31. The molecule has 0 aromatic heterocycles. The van der Waals surface area contributed by atoms with Gasteiger partial charge >= 0.3 is 11.9 Å². The minimum Gasteiger partial charge on any atom is -0.465 e. The molecule has 0 aliphatic heterocycles. The van der Waals surface area contributed by atoms with Gasteiger partial charge in [-0.15, -0.1) is 0 Å². The van der Waals surface area contributed by atoms with Gasteiger partial charge in [0.15, 0.2) is 5.41 Å². The molecular weight excluding hydrogens is 363 g/mol. The Kier molecular flexibility index (Phi) is 7.11. The second-order valence-electron chi connectivity index (χ2n) is 6.59. The molecule has 0 atom stereocenters. The predicted molar refractivity (Wildman–Crippen MR) is 80.7 cm³/mol. The largest absolute Gasteiger partial charge is 0.465 e. The topological polar surface area (TPSA) is 52.6 Å². The molecule has 0 aliphatic carbocycles. The molecule has 146 valence electrons. The molecule has 0 heterocycles. The third kappa shape index (κ3) is 4.70. The van der Waals surface area contributed by atoms with E-state index in [1.807, 2.05) is 13.8 Å². The van der Waals surface area contributed by atoms with Crippen LogP contribution in [-0.4, -0.2) is 18.5 Å². The number of carbonyl (C=O) groups excluding carboxylic acids is 2. The SMILES string of the molecule is CC(C)CCCOC(=O)C(C)(C)C(=O)Oc1c(F)c(F)c(F)c(F)c1F. The number of carbonyl (C=O) groups is 2. The van der Waals surface area contributed by atoms with Crippen molar-refractivity contribution in [3.05, 3.63) is 29.1 Å². The Labute approximate surface area is 147 Å². The Bertz CT molecular complexity index is 672. The number of halogens is 5. The number of benzene rings is 1. The van der Waals surface area contributed by atoms with Crippen LogP contribution in [0.5, 0.6) is 5.75 Å². The minimum absolute atomic E-state index is 0.0102. The van der Waals surface area contributed by atoms with Gasteiger partial charge < -0.3 is 9.47 Å². The summed E-state index contributed by atoms with van der Waals surface area (Å²) < 4.78 is 75.6. The summed E-state index contributed by atoms with van der Waals surface area (Å²) in [5.74, 6) is -15.5. The van der Waals surface area contributed by atoms with Gasteiger partial charge in [-0.25, -0.2) is 13.2 Å². The molecular formula is C17H19F5O4. The molecule has 0 saturated carbocycles. The van der Waals surface area contributed by atoms with Crippen LogP contribution < -0.4 is 4.74 Å². The number of hydrogen-bond acceptors (Lipinski definition) is 4. The Morgan fingerprint density at radius 2 is 1.35 bits per heavy atom. The maximum atomic E-state index is 13.6. The lowest BCUT2D eigenvalue weighted by Crippen LogP contribution is -2.38. The van der Waals surface area contributed by atoms with Crippen molar-refractivity contribution in [3.8, 4) is 5.75 Å². The number of hydrogen-bond donors (Lipinski definition) is 0. The van der Waals surface area contributed by atoms with Crippen LogP contribution in [0.1, 0.15) is 40.5 Å². The maximum absolute atomic E-state index is 13.6. The molecule has 9 heteroatoms. The van der Waals surface area contributed by atoms with E-state index in [9.17, 15) is 31.5 Å². The maximum Gasteiger partial charge on any atom is 0.328 e. The molecule has 0 bridgehead atoms. The fourth-order valence-corrected chi connectivity index (χ4v) is 1.81. The summed E-state index contributed by atoms with van der Waals surface area (Å²) in [5, 5.41) is 0. The van der Waals surface area contributed by atoms with Crippen LogP contribution >= 0.6 is 0 Å². The molecule has 1 aromatic carbocycles. The van der Waals surface area contributed by atoms with Crippen LogP contribution in [0.25, 0.3) is 0 Å². The lowest BCUT2D eigenvalue weighted by molar-refractivity contribution is -0.165.